The van der Waals surface area contributed by atoms with Gasteiger partial charge in [0.1, 0.15) is 11.3 Å². The number of carbonyl (C=O) groups excluding carboxylic acids is 1. The Bertz CT molecular complexity index is 1110. The Labute approximate surface area is 182 Å². The van der Waals surface area contributed by atoms with Crippen LogP contribution in [-0.2, 0) is 18.3 Å². The van der Waals surface area contributed by atoms with E-state index in [9.17, 15) is 19.8 Å². The fourth-order valence-electron chi connectivity index (χ4n) is 5.61. The molecule has 7 nitrogen and oxygen atoms in total. The van der Waals surface area contributed by atoms with Crippen LogP contribution in [0.4, 0.5) is 0 Å². The Morgan fingerprint density at radius 2 is 1.97 bits per heavy atom. The zero-order valence-electron chi connectivity index (χ0n) is 18.8. The summed E-state index contributed by atoms with van der Waals surface area (Å²) in [6, 6.07) is 6.78. The molecule has 1 aromatic carbocycles. The summed E-state index contributed by atoms with van der Waals surface area (Å²) in [6.07, 6.45) is 1.44. The van der Waals surface area contributed by atoms with Crippen LogP contribution >= 0.6 is 0 Å². The van der Waals surface area contributed by atoms with Crippen molar-refractivity contribution in [2.24, 2.45) is 0 Å². The van der Waals surface area contributed by atoms with E-state index in [2.05, 4.69) is 9.88 Å². The first-order chi connectivity index (χ1) is 14.5. The molecule has 2 heterocycles. The van der Waals surface area contributed by atoms with Crippen LogP contribution < -0.4 is 5.56 Å². The standard InChI is InChI=1S/C24H31N3O4/c1-14-6-7-17(28)11-19(14)23-8-9-27(5)15(2)24(23,31)12-16-10-18(22(30)26(3)4)21(29)25-20(16)13-23/h6-7,10-11,15,28,31H,8-9,12-13H2,1-5H3,(H,25,29). The second kappa shape index (κ2) is 7.21. The van der Waals surface area contributed by atoms with Gasteiger partial charge in [0.25, 0.3) is 11.5 Å². The van der Waals surface area contributed by atoms with Gasteiger partial charge in [0, 0.05) is 44.1 Å². The first kappa shape index (κ1) is 21.6. The SMILES string of the molecule is Cc1ccc(O)cc1C12CCN(C)C(C)C1(O)Cc1cc(C(=O)N(C)C)c(=O)[nH]c1C2. The highest BCUT2D eigenvalue weighted by atomic mass is 16.3. The highest BCUT2D eigenvalue weighted by Crippen LogP contribution is 2.53. The van der Waals surface area contributed by atoms with Gasteiger partial charge < -0.3 is 25.0 Å². The molecule has 4 rings (SSSR count). The number of pyridine rings is 1. The van der Waals surface area contributed by atoms with Gasteiger partial charge in [-0.2, -0.15) is 0 Å². The maximum absolute atomic E-state index is 12.7. The van der Waals surface area contributed by atoms with Crippen LogP contribution in [-0.4, -0.2) is 70.2 Å². The quantitative estimate of drug-likeness (QED) is 0.679. The number of benzene rings is 1. The van der Waals surface area contributed by atoms with Crippen LogP contribution in [0.2, 0.25) is 0 Å². The van der Waals surface area contributed by atoms with Crippen molar-refractivity contribution < 1.29 is 15.0 Å². The Balaban J connectivity index is 1.95. The van der Waals surface area contributed by atoms with Gasteiger partial charge in [0.15, 0.2) is 0 Å². The number of aliphatic hydroxyl groups is 1. The number of likely N-dealkylation sites (tertiary alicyclic amines) is 1. The number of aromatic nitrogens is 1. The lowest BCUT2D eigenvalue weighted by atomic mass is 9.53. The molecule has 0 spiro atoms. The number of hydrogen-bond donors (Lipinski definition) is 3. The number of phenols is 1. The van der Waals surface area contributed by atoms with Crippen molar-refractivity contribution in [2.75, 3.05) is 27.7 Å². The van der Waals surface area contributed by atoms with Gasteiger partial charge in [0.05, 0.1) is 5.60 Å². The number of amides is 1. The minimum atomic E-state index is -1.14. The molecule has 1 fully saturated rings. The molecule has 1 saturated heterocycles. The third-order valence-electron chi connectivity index (χ3n) is 7.60. The summed E-state index contributed by atoms with van der Waals surface area (Å²) in [5.41, 5.74) is 1.34. The molecule has 3 atom stereocenters. The van der Waals surface area contributed by atoms with E-state index in [1.54, 1.807) is 32.3 Å². The van der Waals surface area contributed by atoms with Crippen molar-refractivity contribution in [3.8, 4) is 5.75 Å². The molecule has 1 aliphatic carbocycles. The second-order valence-corrected chi connectivity index (χ2v) is 9.48. The van der Waals surface area contributed by atoms with Crippen LogP contribution in [0.15, 0.2) is 29.1 Å². The minimum absolute atomic E-state index is 0.0882. The molecule has 2 aliphatic rings. The number of rotatable bonds is 2. The number of H-pyrrole nitrogens is 1. The molecule has 3 N–H and O–H groups in total. The molecule has 0 bridgehead atoms. The molecular formula is C24H31N3O4. The lowest BCUT2D eigenvalue weighted by molar-refractivity contribution is -0.132. The molecule has 1 amide bonds. The van der Waals surface area contributed by atoms with Crippen molar-refractivity contribution in [3.05, 3.63) is 62.6 Å². The third-order valence-corrected chi connectivity index (χ3v) is 7.60. The zero-order chi connectivity index (χ0) is 22.7. The first-order valence-corrected chi connectivity index (χ1v) is 10.7. The Hall–Kier alpha value is -2.64. The number of nitrogens with one attached hydrogen (secondary N) is 1. The van der Waals surface area contributed by atoms with Gasteiger partial charge >= 0.3 is 0 Å². The summed E-state index contributed by atoms with van der Waals surface area (Å²) in [5.74, 6) is -0.194. The van der Waals surface area contributed by atoms with Gasteiger partial charge in [0.2, 0.25) is 0 Å². The van der Waals surface area contributed by atoms with E-state index < -0.39 is 16.6 Å². The summed E-state index contributed by atoms with van der Waals surface area (Å²) in [6.45, 7) is 4.80. The monoisotopic (exact) mass is 425 g/mol. The number of aryl methyl sites for hydroxylation is 1. The summed E-state index contributed by atoms with van der Waals surface area (Å²) in [4.78, 5) is 31.7. The average Bonchev–Trinajstić information content (AvgIpc) is 2.71. The van der Waals surface area contributed by atoms with Gasteiger partial charge in [-0.1, -0.05) is 6.07 Å². The lowest BCUT2D eigenvalue weighted by Gasteiger charge is -2.59. The average molecular weight is 426 g/mol. The van der Waals surface area contributed by atoms with Crippen molar-refractivity contribution in [1.82, 2.24) is 14.8 Å². The number of hydrogen-bond acceptors (Lipinski definition) is 5. The molecule has 0 radical (unpaired) electrons. The van der Waals surface area contributed by atoms with Gasteiger partial charge in [-0.3, -0.25) is 9.59 Å². The molecule has 166 valence electrons. The summed E-state index contributed by atoms with van der Waals surface area (Å²) < 4.78 is 0. The number of carbonyl (C=O) groups is 1. The van der Waals surface area contributed by atoms with Crippen molar-refractivity contribution in [2.45, 2.75) is 50.2 Å². The second-order valence-electron chi connectivity index (χ2n) is 9.48. The molecule has 7 heteroatoms. The maximum atomic E-state index is 12.7. The Kier molecular flexibility index (Phi) is 5.02. The van der Waals surface area contributed by atoms with E-state index in [-0.39, 0.29) is 23.3 Å². The van der Waals surface area contributed by atoms with E-state index in [0.717, 1.165) is 28.9 Å². The van der Waals surface area contributed by atoms with E-state index >= 15 is 0 Å². The van der Waals surface area contributed by atoms with Crippen LogP contribution in [0.1, 0.15) is 46.1 Å². The molecule has 3 unspecified atom stereocenters. The summed E-state index contributed by atoms with van der Waals surface area (Å²) >= 11 is 0. The van der Waals surface area contributed by atoms with E-state index in [1.165, 1.54) is 4.90 Å². The summed E-state index contributed by atoms with van der Waals surface area (Å²) in [7, 11) is 5.23. The molecule has 1 aromatic heterocycles. The fourth-order valence-corrected chi connectivity index (χ4v) is 5.61. The fraction of sp³-hybridized carbons (Fsp3) is 0.500. The summed E-state index contributed by atoms with van der Waals surface area (Å²) in [5, 5.41) is 22.5. The predicted octanol–water partition coefficient (Wildman–Crippen LogP) is 1.58. The normalized spacial score (nSPS) is 28.0. The highest BCUT2D eigenvalue weighted by Gasteiger charge is 2.60. The predicted molar refractivity (Wildman–Crippen MR) is 119 cm³/mol. The lowest BCUT2D eigenvalue weighted by Crippen LogP contribution is -2.70. The molecular weight excluding hydrogens is 394 g/mol. The van der Waals surface area contributed by atoms with Crippen LogP contribution in [0.5, 0.6) is 5.75 Å². The van der Waals surface area contributed by atoms with Gasteiger partial charge in [-0.15, -0.1) is 0 Å². The third kappa shape index (κ3) is 3.10. The van der Waals surface area contributed by atoms with Gasteiger partial charge in [-0.25, -0.2) is 0 Å². The van der Waals surface area contributed by atoms with Crippen LogP contribution in [0.25, 0.3) is 0 Å². The van der Waals surface area contributed by atoms with Gasteiger partial charge in [-0.05, 0) is 68.8 Å². The zero-order valence-corrected chi connectivity index (χ0v) is 18.8. The number of aromatic amines is 1. The van der Waals surface area contributed by atoms with E-state index in [0.29, 0.717) is 19.3 Å². The molecule has 1 aliphatic heterocycles. The molecule has 31 heavy (non-hydrogen) atoms. The topological polar surface area (TPSA) is 96.9 Å². The molecule has 2 aromatic rings. The first-order valence-electron chi connectivity index (χ1n) is 10.7. The number of fused-ring (bicyclic) bond motifs is 2. The Morgan fingerprint density at radius 3 is 2.65 bits per heavy atom. The van der Waals surface area contributed by atoms with E-state index in [4.69, 9.17) is 0 Å². The number of likely N-dealkylation sites (N-methyl/N-ethyl adjacent to an activating group) is 1. The smallest absolute Gasteiger partial charge is 0.261 e. The van der Waals surface area contributed by atoms with Crippen LogP contribution in [0, 0.1) is 6.92 Å². The van der Waals surface area contributed by atoms with E-state index in [1.807, 2.05) is 27.0 Å². The number of phenolic OH excluding ortho intramolecular Hbond substituents is 1. The minimum Gasteiger partial charge on any atom is -0.508 e. The number of piperidine rings is 1. The van der Waals surface area contributed by atoms with Crippen LogP contribution in [0.3, 0.4) is 0 Å². The molecule has 0 saturated carbocycles. The number of aromatic hydroxyl groups is 1. The Morgan fingerprint density at radius 1 is 1.26 bits per heavy atom. The van der Waals surface area contributed by atoms with Crippen molar-refractivity contribution in [3.63, 3.8) is 0 Å². The largest absolute Gasteiger partial charge is 0.508 e. The maximum Gasteiger partial charge on any atom is 0.261 e. The number of nitrogens with zero attached hydrogens (tertiary/aromatic N) is 2. The highest BCUT2D eigenvalue weighted by molar-refractivity contribution is 5.93. The van der Waals surface area contributed by atoms with Crippen molar-refractivity contribution >= 4 is 5.91 Å². The van der Waals surface area contributed by atoms with Crippen molar-refractivity contribution in [1.29, 1.82) is 0 Å².